The van der Waals surface area contributed by atoms with Crippen LogP contribution in [0.2, 0.25) is 0 Å². The van der Waals surface area contributed by atoms with Gasteiger partial charge in [-0.15, -0.1) is 0 Å². The molecule has 1 heterocycles. The minimum Gasteiger partial charge on any atom is -0.324 e. The summed E-state index contributed by atoms with van der Waals surface area (Å²) >= 11 is 0. The van der Waals surface area contributed by atoms with Gasteiger partial charge in [-0.25, -0.2) is 0 Å². The molecule has 2 N–H and O–H groups in total. The van der Waals surface area contributed by atoms with Crippen molar-refractivity contribution in [3.63, 3.8) is 0 Å². The summed E-state index contributed by atoms with van der Waals surface area (Å²) in [7, 11) is 2.21. The zero-order chi connectivity index (χ0) is 10.0. The van der Waals surface area contributed by atoms with Gasteiger partial charge in [0.25, 0.3) is 0 Å². The number of nitrogens with two attached hydrogens (primary N) is 1. The van der Waals surface area contributed by atoms with E-state index < -0.39 is 0 Å². The van der Waals surface area contributed by atoms with Crippen LogP contribution in [0.4, 0.5) is 0 Å². The van der Waals surface area contributed by atoms with Crippen molar-refractivity contribution in [2.45, 2.75) is 50.5 Å². The summed E-state index contributed by atoms with van der Waals surface area (Å²) in [6.07, 6.45) is 9.56. The number of nitrogens with zero attached hydrogens (tertiary/aromatic N) is 1. The van der Waals surface area contributed by atoms with Gasteiger partial charge < -0.3 is 10.6 Å². The standard InChI is InChI=1S/C12H24N2/c1-14-9-5-8-12(13,10-14)11-6-3-2-4-7-11/h11H,2-10,13H2,1H3. The Bertz CT molecular complexity index is 187. The van der Waals surface area contributed by atoms with Crippen LogP contribution >= 0.6 is 0 Å². The summed E-state index contributed by atoms with van der Waals surface area (Å²) in [4.78, 5) is 2.41. The molecule has 0 spiro atoms. The first-order valence-electron chi connectivity index (χ1n) is 6.18. The average Bonchev–Trinajstić information content (AvgIpc) is 2.19. The highest BCUT2D eigenvalue weighted by atomic mass is 15.1. The minimum absolute atomic E-state index is 0.146. The molecule has 0 amide bonds. The molecule has 2 heteroatoms. The SMILES string of the molecule is CN1CCCC(N)(C2CCCCC2)C1. The third kappa shape index (κ3) is 2.12. The van der Waals surface area contributed by atoms with E-state index in [4.69, 9.17) is 5.73 Å². The van der Waals surface area contributed by atoms with Gasteiger partial charge in [0.1, 0.15) is 0 Å². The van der Waals surface area contributed by atoms with Gasteiger partial charge in [-0.1, -0.05) is 19.3 Å². The quantitative estimate of drug-likeness (QED) is 0.695. The first kappa shape index (κ1) is 10.4. The van der Waals surface area contributed by atoms with Gasteiger partial charge in [-0.2, -0.15) is 0 Å². The number of hydrogen-bond donors (Lipinski definition) is 1. The summed E-state index contributed by atoms with van der Waals surface area (Å²) < 4.78 is 0. The van der Waals surface area contributed by atoms with Gasteiger partial charge in [0.05, 0.1) is 0 Å². The first-order valence-corrected chi connectivity index (χ1v) is 6.18. The second-order valence-corrected chi connectivity index (χ2v) is 5.41. The molecular formula is C12H24N2. The molecule has 0 radical (unpaired) electrons. The fourth-order valence-corrected chi connectivity index (χ4v) is 3.35. The highest BCUT2D eigenvalue weighted by molar-refractivity contribution is 4.97. The lowest BCUT2D eigenvalue weighted by Crippen LogP contribution is -2.58. The zero-order valence-corrected chi connectivity index (χ0v) is 9.47. The molecule has 2 aliphatic rings. The van der Waals surface area contributed by atoms with Gasteiger partial charge in [0.2, 0.25) is 0 Å². The van der Waals surface area contributed by atoms with Crippen LogP contribution < -0.4 is 5.73 Å². The molecule has 82 valence electrons. The van der Waals surface area contributed by atoms with E-state index in [1.807, 2.05) is 0 Å². The molecular weight excluding hydrogens is 172 g/mol. The molecule has 0 aromatic rings. The van der Waals surface area contributed by atoms with Crippen LogP contribution in [0.1, 0.15) is 44.9 Å². The topological polar surface area (TPSA) is 29.3 Å². The van der Waals surface area contributed by atoms with Crippen LogP contribution in [0.3, 0.4) is 0 Å². The van der Waals surface area contributed by atoms with Gasteiger partial charge in [0, 0.05) is 12.1 Å². The predicted molar refractivity (Wildman–Crippen MR) is 60.2 cm³/mol. The number of piperidine rings is 1. The normalized spacial score (nSPS) is 37.3. The number of likely N-dealkylation sites (N-methyl/N-ethyl adjacent to an activating group) is 1. The second-order valence-electron chi connectivity index (χ2n) is 5.41. The smallest absolute Gasteiger partial charge is 0.0312 e. The predicted octanol–water partition coefficient (Wildman–Crippen LogP) is 1.99. The maximum Gasteiger partial charge on any atom is 0.0312 e. The maximum absolute atomic E-state index is 6.58. The molecule has 1 saturated heterocycles. The number of hydrogen-bond acceptors (Lipinski definition) is 2. The molecule has 2 rings (SSSR count). The molecule has 1 saturated carbocycles. The van der Waals surface area contributed by atoms with Crippen LogP contribution in [-0.2, 0) is 0 Å². The van der Waals surface area contributed by atoms with E-state index in [0.717, 1.165) is 12.5 Å². The highest BCUT2D eigenvalue weighted by Crippen LogP contribution is 2.35. The lowest BCUT2D eigenvalue weighted by molar-refractivity contribution is 0.102. The van der Waals surface area contributed by atoms with Gasteiger partial charge in [0.15, 0.2) is 0 Å². The largest absolute Gasteiger partial charge is 0.324 e. The van der Waals surface area contributed by atoms with Crippen molar-refractivity contribution in [1.29, 1.82) is 0 Å². The molecule has 1 unspecified atom stereocenters. The van der Waals surface area contributed by atoms with Crippen LogP contribution in [-0.4, -0.2) is 30.6 Å². The third-order valence-electron chi connectivity index (χ3n) is 4.16. The van der Waals surface area contributed by atoms with Crippen LogP contribution in [0, 0.1) is 5.92 Å². The van der Waals surface area contributed by atoms with Gasteiger partial charge in [-0.3, -0.25) is 0 Å². The van der Waals surface area contributed by atoms with E-state index in [1.54, 1.807) is 0 Å². The monoisotopic (exact) mass is 196 g/mol. The Balaban J connectivity index is 1.98. The van der Waals surface area contributed by atoms with E-state index in [-0.39, 0.29) is 5.54 Å². The van der Waals surface area contributed by atoms with Crippen molar-refractivity contribution in [3.05, 3.63) is 0 Å². The summed E-state index contributed by atoms with van der Waals surface area (Å²) in [5, 5.41) is 0. The van der Waals surface area contributed by atoms with Gasteiger partial charge in [-0.05, 0) is 45.2 Å². The van der Waals surface area contributed by atoms with Crippen molar-refractivity contribution >= 4 is 0 Å². The Morgan fingerprint density at radius 2 is 1.86 bits per heavy atom. The molecule has 14 heavy (non-hydrogen) atoms. The molecule has 1 aliphatic heterocycles. The zero-order valence-electron chi connectivity index (χ0n) is 9.47. The molecule has 2 fully saturated rings. The Kier molecular flexibility index (Phi) is 3.13. The molecule has 0 bridgehead atoms. The average molecular weight is 196 g/mol. The van der Waals surface area contributed by atoms with Crippen molar-refractivity contribution in [2.24, 2.45) is 11.7 Å². The van der Waals surface area contributed by atoms with Crippen LogP contribution in [0.25, 0.3) is 0 Å². The summed E-state index contributed by atoms with van der Waals surface area (Å²) in [6.45, 7) is 2.36. The van der Waals surface area contributed by atoms with Crippen LogP contribution in [0.5, 0.6) is 0 Å². The lowest BCUT2D eigenvalue weighted by Gasteiger charge is -2.45. The Hall–Kier alpha value is -0.0800. The summed E-state index contributed by atoms with van der Waals surface area (Å²) in [6, 6.07) is 0. The minimum atomic E-state index is 0.146. The lowest BCUT2D eigenvalue weighted by atomic mass is 9.71. The summed E-state index contributed by atoms with van der Waals surface area (Å²) in [5.41, 5.74) is 6.73. The van der Waals surface area contributed by atoms with Crippen molar-refractivity contribution in [3.8, 4) is 0 Å². The van der Waals surface area contributed by atoms with E-state index in [9.17, 15) is 0 Å². The number of rotatable bonds is 1. The van der Waals surface area contributed by atoms with Gasteiger partial charge >= 0.3 is 0 Å². The molecule has 1 atom stereocenters. The number of likely N-dealkylation sites (tertiary alicyclic amines) is 1. The Morgan fingerprint density at radius 3 is 2.50 bits per heavy atom. The van der Waals surface area contributed by atoms with E-state index in [2.05, 4.69) is 11.9 Å². The molecule has 0 aromatic heterocycles. The molecule has 2 nitrogen and oxygen atoms in total. The van der Waals surface area contributed by atoms with Crippen molar-refractivity contribution in [2.75, 3.05) is 20.1 Å². The fourth-order valence-electron chi connectivity index (χ4n) is 3.35. The first-order chi connectivity index (χ1) is 6.71. The second kappa shape index (κ2) is 4.19. The van der Waals surface area contributed by atoms with Crippen LogP contribution in [0.15, 0.2) is 0 Å². The Morgan fingerprint density at radius 1 is 1.14 bits per heavy atom. The molecule has 0 aromatic carbocycles. The molecule has 1 aliphatic carbocycles. The van der Waals surface area contributed by atoms with E-state index >= 15 is 0 Å². The Labute approximate surface area is 87.8 Å². The summed E-state index contributed by atoms with van der Waals surface area (Å²) in [5.74, 6) is 0.805. The maximum atomic E-state index is 6.58. The highest BCUT2D eigenvalue weighted by Gasteiger charge is 2.37. The van der Waals surface area contributed by atoms with E-state index in [0.29, 0.717) is 0 Å². The fraction of sp³-hybridized carbons (Fsp3) is 1.00. The third-order valence-corrected chi connectivity index (χ3v) is 4.16. The van der Waals surface area contributed by atoms with E-state index in [1.165, 1.54) is 51.5 Å². The van der Waals surface area contributed by atoms with Crippen molar-refractivity contribution in [1.82, 2.24) is 4.90 Å². The van der Waals surface area contributed by atoms with Crippen molar-refractivity contribution < 1.29 is 0 Å².